The first kappa shape index (κ1) is 74.5. The van der Waals surface area contributed by atoms with Crippen molar-refractivity contribution >= 4 is 23.9 Å². The molecule has 0 bridgehead atoms. The van der Waals surface area contributed by atoms with Gasteiger partial charge >= 0.3 is 23.9 Å². The van der Waals surface area contributed by atoms with Crippen LogP contribution in [0.1, 0.15) is 342 Å². The molecule has 3 N–H and O–H groups in total. The van der Waals surface area contributed by atoms with Gasteiger partial charge in [-0.05, 0) is 44.9 Å². The number of unbranched alkanes of at least 4 members (excludes halogenated alkanes) is 43. The minimum absolute atomic E-state index is 0.0651. The summed E-state index contributed by atoms with van der Waals surface area (Å²) in [4.78, 5) is 51.3. The lowest BCUT2D eigenvalue weighted by molar-refractivity contribution is -0.301. The number of esters is 3. The summed E-state index contributed by atoms with van der Waals surface area (Å²) in [5.41, 5.74) is 0. The third-order valence-corrected chi connectivity index (χ3v) is 15.8. The summed E-state index contributed by atoms with van der Waals surface area (Å²) in [5, 5.41) is 31.6. The van der Waals surface area contributed by atoms with E-state index in [9.17, 15) is 34.5 Å². The maximum Gasteiger partial charge on any atom is 0.335 e. The number of hydrogen-bond acceptors (Lipinski definition) is 11. The number of carboxylic acids is 1. The smallest absolute Gasteiger partial charge is 0.335 e. The third-order valence-electron chi connectivity index (χ3n) is 15.8. The van der Waals surface area contributed by atoms with E-state index in [0.29, 0.717) is 19.3 Å². The first-order chi connectivity index (χ1) is 38.6. The molecule has 0 aliphatic carbocycles. The van der Waals surface area contributed by atoms with Crippen LogP contribution >= 0.6 is 0 Å². The maximum atomic E-state index is 13.2. The number of carbonyl (C=O) groups is 4. The number of rotatable bonds is 59. The SMILES string of the molecule is CCCCCCCC/C=C\CCCCCCCCCCCC(=O)OC1C(OCC(COC(=O)CCCCCCCCCCCCCCCCCCC)OC(=O)CCCCCCCCCCCCCCC)OC(C(=O)O)C(O)C1O. The van der Waals surface area contributed by atoms with E-state index in [4.69, 9.17) is 23.7 Å². The van der Waals surface area contributed by atoms with Crippen molar-refractivity contribution in [1.82, 2.24) is 0 Å². The first-order valence-electron chi connectivity index (χ1n) is 33.7. The molecule has 1 aliphatic heterocycles. The first-order valence-corrected chi connectivity index (χ1v) is 33.7. The standard InChI is InChI=1S/C67H124O12/c1-4-7-10-13-16-19-22-25-27-29-30-32-34-37-40-43-46-49-52-55-61(70)78-65-63(72)62(71)64(66(73)74)79-67(65)76-57-58(77-60(69)54-51-48-45-42-39-35-24-21-18-15-12-9-6-3)56-75-59(68)53-50-47-44-41-38-36-33-31-28-26-23-20-17-14-11-8-5-2/h25,27,58,62-65,67,71-72H,4-24,26,28-57H2,1-3H3,(H,73,74)/b27-25-. The molecule has 0 aromatic rings. The monoisotopic (exact) mass is 1120 g/mol. The zero-order chi connectivity index (χ0) is 57.5. The van der Waals surface area contributed by atoms with Gasteiger partial charge in [-0.2, -0.15) is 0 Å². The molecule has 0 amide bonds. The average molecular weight is 1120 g/mol. The molecular weight excluding hydrogens is 997 g/mol. The Bertz CT molecular complexity index is 1420. The van der Waals surface area contributed by atoms with Crippen molar-refractivity contribution in [2.45, 2.75) is 379 Å². The number of allylic oxidation sites excluding steroid dienone is 2. The van der Waals surface area contributed by atoms with E-state index in [-0.39, 0.29) is 25.9 Å². The molecule has 1 saturated heterocycles. The highest BCUT2D eigenvalue weighted by Crippen LogP contribution is 2.27. The highest BCUT2D eigenvalue weighted by molar-refractivity contribution is 5.74. The summed E-state index contributed by atoms with van der Waals surface area (Å²) in [6.07, 6.45) is 51.7. The molecule has 12 nitrogen and oxygen atoms in total. The van der Waals surface area contributed by atoms with E-state index in [2.05, 4.69) is 32.9 Å². The molecule has 0 aromatic heterocycles. The second kappa shape index (κ2) is 56.0. The molecule has 0 spiro atoms. The van der Waals surface area contributed by atoms with Crippen LogP contribution in [0.2, 0.25) is 0 Å². The van der Waals surface area contributed by atoms with Crippen molar-refractivity contribution in [2.75, 3.05) is 13.2 Å². The second-order valence-electron chi connectivity index (χ2n) is 23.5. The molecule has 1 rings (SSSR count). The van der Waals surface area contributed by atoms with Gasteiger partial charge in [0, 0.05) is 19.3 Å². The van der Waals surface area contributed by atoms with E-state index in [1.807, 2.05) is 0 Å². The van der Waals surface area contributed by atoms with Crippen LogP contribution in [0, 0.1) is 0 Å². The minimum atomic E-state index is -1.90. The van der Waals surface area contributed by atoms with Crippen molar-refractivity contribution in [2.24, 2.45) is 0 Å². The van der Waals surface area contributed by atoms with Crippen LogP contribution in [-0.4, -0.2) is 89.2 Å². The van der Waals surface area contributed by atoms with Gasteiger partial charge in [0.15, 0.2) is 24.6 Å². The second-order valence-corrected chi connectivity index (χ2v) is 23.5. The van der Waals surface area contributed by atoms with Gasteiger partial charge in [-0.1, -0.05) is 290 Å². The molecule has 6 unspecified atom stereocenters. The van der Waals surface area contributed by atoms with Crippen molar-refractivity contribution < 1.29 is 58.2 Å². The van der Waals surface area contributed by atoms with Gasteiger partial charge in [0.1, 0.15) is 18.8 Å². The van der Waals surface area contributed by atoms with Crippen molar-refractivity contribution in [1.29, 1.82) is 0 Å². The van der Waals surface area contributed by atoms with Crippen LogP contribution in [0.25, 0.3) is 0 Å². The summed E-state index contributed by atoms with van der Waals surface area (Å²) in [7, 11) is 0. The Balaban J connectivity index is 2.60. The topological polar surface area (TPSA) is 175 Å². The summed E-state index contributed by atoms with van der Waals surface area (Å²) in [6, 6.07) is 0. The van der Waals surface area contributed by atoms with Gasteiger partial charge in [-0.3, -0.25) is 14.4 Å². The van der Waals surface area contributed by atoms with Gasteiger partial charge < -0.3 is 39.0 Å². The van der Waals surface area contributed by atoms with E-state index < -0.39 is 67.3 Å². The lowest BCUT2D eigenvalue weighted by Crippen LogP contribution is -2.61. The molecule has 79 heavy (non-hydrogen) atoms. The number of hydrogen-bond donors (Lipinski definition) is 3. The lowest BCUT2D eigenvalue weighted by Gasteiger charge is -2.40. The van der Waals surface area contributed by atoms with Crippen LogP contribution in [0.15, 0.2) is 12.2 Å². The zero-order valence-corrected chi connectivity index (χ0v) is 51.4. The number of carbonyl (C=O) groups excluding carboxylic acids is 3. The lowest BCUT2D eigenvalue weighted by atomic mass is 9.98. The van der Waals surface area contributed by atoms with Gasteiger partial charge in [-0.25, -0.2) is 4.79 Å². The van der Waals surface area contributed by atoms with Crippen molar-refractivity contribution in [3.05, 3.63) is 12.2 Å². The molecular formula is C67H124O12. The largest absolute Gasteiger partial charge is 0.479 e. The van der Waals surface area contributed by atoms with Crippen LogP contribution in [0.4, 0.5) is 0 Å². The Hall–Kier alpha value is -2.54. The molecule has 0 aromatic carbocycles. The Labute approximate surface area is 484 Å². The highest BCUT2D eigenvalue weighted by Gasteiger charge is 2.50. The predicted molar refractivity (Wildman–Crippen MR) is 322 cm³/mol. The minimum Gasteiger partial charge on any atom is -0.479 e. The normalized spacial score (nSPS) is 17.8. The molecule has 0 saturated carbocycles. The molecule has 1 aliphatic rings. The Morgan fingerprint density at radius 3 is 1.08 bits per heavy atom. The Kier molecular flexibility index (Phi) is 52.8. The van der Waals surface area contributed by atoms with Crippen LogP contribution in [0.3, 0.4) is 0 Å². The number of aliphatic carboxylic acids is 1. The van der Waals surface area contributed by atoms with Gasteiger partial charge in [0.25, 0.3) is 0 Å². The maximum absolute atomic E-state index is 13.2. The number of ether oxygens (including phenoxy) is 5. The Morgan fingerprint density at radius 2 is 0.722 bits per heavy atom. The third kappa shape index (κ3) is 45.6. The molecule has 6 atom stereocenters. The van der Waals surface area contributed by atoms with Gasteiger partial charge in [-0.15, -0.1) is 0 Å². The average Bonchev–Trinajstić information content (AvgIpc) is 3.46. The zero-order valence-electron chi connectivity index (χ0n) is 51.4. The van der Waals surface area contributed by atoms with Gasteiger partial charge in [0.2, 0.25) is 0 Å². The summed E-state index contributed by atoms with van der Waals surface area (Å²) in [6.45, 7) is 6.06. The summed E-state index contributed by atoms with van der Waals surface area (Å²) in [5.74, 6) is -3.07. The number of aliphatic hydroxyl groups is 2. The van der Waals surface area contributed by atoms with Crippen LogP contribution < -0.4 is 0 Å². The van der Waals surface area contributed by atoms with Crippen molar-refractivity contribution in [3.63, 3.8) is 0 Å². The molecule has 464 valence electrons. The van der Waals surface area contributed by atoms with E-state index >= 15 is 0 Å². The fraction of sp³-hybridized carbons (Fsp3) is 0.910. The van der Waals surface area contributed by atoms with Crippen molar-refractivity contribution in [3.8, 4) is 0 Å². The fourth-order valence-corrected chi connectivity index (χ4v) is 10.7. The highest BCUT2D eigenvalue weighted by atomic mass is 16.7. The summed E-state index contributed by atoms with van der Waals surface area (Å²) >= 11 is 0. The quantitative estimate of drug-likeness (QED) is 0.0228. The fourth-order valence-electron chi connectivity index (χ4n) is 10.7. The summed E-state index contributed by atoms with van der Waals surface area (Å²) < 4.78 is 28.6. The van der Waals surface area contributed by atoms with E-state index in [1.165, 1.54) is 212 Å². The van der Waals surface area contributed by atoms with Crippen LogP contribution in [0.5, 0.6) is 0 Å². The number of carboxylic acid groups (broad SMARTS) is 1. The molecule has 0 radical (unpaired) electrons. The van der Waals surface area contributed by atoms with E-state index in [1.54, 1.807) is 0 Å². The predicted octanol–water partition coefficient (Wildman–Crippen LogP) is 18.0. The van der Waals surface area contributed by atoms with E-state index in [0.717, 1.165) is 70.6 Å². The van der Waals surface area contributed by atoms with Gasteiger partial charge in [0.05, 0.1) is 6.61 Å². The van der Waals surface area contributed by atoms with Crippen LogP contribution in [-0.2, 0) is 42.9 Å². The molecule has 12 heteroatoms. The number of aliphatic hydroxyl groups excluding tert-OH is 2. The Morgan fingerprint density at radius 1 is 0.405 bits per heavy atom. The molecule has 1 fully saturated rings. The molecule has 1 heterocycles.